The second-order valence-corrected chi connectivity index (χ2v) is 5.23. The smallest absolute Gasteiger partial charge is 0.321 e. The number of aliphatic carboxylic acids is 1. The van der Waals surface area contributed by atoms with Crippen molar-refractivity contribution in [2.75, 3.05) is 26.0 Å². The van der Waals surface area contributed by atoms with E-state index in [9.17, 15) is 4.79 Å². The topological polar surface area (TPSA) is 93.8 Å². The Morgan fingerprint density at radius 1 is 1.45 bits per heavy atom. The molecular formula is C13H18N2O4S. The summed E-state index contributed by atoms with van der Waals surface area (Å²) >= 11 is 1.61. The van der Waals surface area contributed by atoms with Crippen molar-refractivity contribution in [3.8, 4) is 11.5 Å². The molecule has 1 heterocycles. The molecule has 1 aliphatic heterocycles. The average Bonchev–Trinajstić information content (AvgIpc) is 2.46. The van der Waals surface area contributed by atoms with Crippen molar-refractivity contribution in [1.82, 2.24) is 5.32 Å². The van der Waals surface area contributed by atoms with Crippen molar-refractivity contribution in [2.45, 2.75) is 17.5 Å². The molecule has 7 heteroatoms. The number of carboxylic acid groups (broad SMARTS) is 1. The molecular weight excluding hydrogens is 280 g/mol. The summed E-state index contributed by atoms with van der Waals surface area (Å²) in [4.78, 5) is 11.7. The van der Waals surface area contributed by atoms with Gasteiger partial charge in [0.25, 0.3) is 0 Å². The first kappa shape index (κ1) is 15.0. The number of benzene rings is 1. The van der Waals surface area contributed by atoms with Crippen LogP contribution >= 0.6 is 11.8 Å². The molecule has 0 aromatic heterocycles. The number of nitrogens with two attached hydrogens (primary N) is 1. The van der Waals surface area contributed by atoms with Crippen LogP contribution < -0.4 is 20.5 Å². The van der Waals surface area contributed by atoms with Crippen LogP contribution in [0.4, 0.5) is 0 Å². The molecule has 1 aromatic rings. The minimum absolute atomic E-state index is 0.220. The number of carboxylic acids is 1. The lowest BCUT2D eigenvalue weighted by Crippen LogP contribution is -2.40. The summed E-state index contributed by atoms with van der Waals surface area (Å²) < 4.78 is 11.1. The Labute approximate surface area is 121 Å². The van der Waals surface area contributed by atoms with Gasteiger partial charge in [0.2, 0.25) is 0 Å². The van der Waals surface area contributed by atoms with Crippen LogP contribution in [0.5, 0.6) is 11.5 Å². The summed E-state index contributed by atoms with van der Waals surface area (Å²) in [6.45, 7) is 1.86. The van der Waals surface area contributed by atoms with E-state index in [2.05, 4.69) is 5.32 Å². The second kappa shape index (κ2) is 6.83. The highest BCUT2D eigenvalue weighted by Gasteiger charge is 2.16. The summed E-state index contributed by atoms with van der Waals surface area (Å²) in [7, 11) is 0. The Kier molecular flexibility index (Phi) is 5.11. The van der Waals surface area contributed by atoms with Gasteiger partial charge in [0.15, 0.2) is 11.5 Å². The van der Waals surface area contributed by atoms with Crippen LogP contribution in [0.1, 0.15) is 5.56 Å². The molecule has 2 rings (SSSR count). The lowest BCUT2D eigenvalue weighted by molar-refractivity contribution is -0.138. The maximum Gasteiger partial charge on any atom is 0.321 e. The van der Waals surface area contributed by atoms with Gasteiger partial charge in [-0.3, -0.25) is 4.79 Å². The predicted octanol–water partition coefficient (Wildman–Crippen LogP) is 0.681. The van der Waals surface area contributed by atoms with Gasteiger partial charge in [-0.1, -0.05) is 0 Å². The number of ether oxygens (including phenoxy) is 2. The molecule has 20 heavy (non-hydrogen) atoms. The van der Waals surface area contributed by atoms with Gasteiger partial charge >= 0.3 is 5.97 Å². The molecule has 6 nitrogen and oxygen atoms in total. The van der Waals surface area contributed by atoms with Crippen molar-refractivity contribution in [1.29, 1.82) is 0 Å². The van der Waals surface area contributed by atoms with Crippen LogP contribution in [0, 0.1) is 0 Å². The molecule has 0 spiro atoms. The number of fused-ring (bicyclic) bond motifs is 1. The molecule has 0 aliphatic carbocycles. The van der Waals surface area contributed by atoms with Crippen molar-refractivity contribution < 1.29 is 19.4 Å². The minimum Gasteiger partial charge on any atom is -0.486 e. The molecule has 0 saturated carbocycles. The lowest BCUT2D eigenvalue weighted by atomic mass is 10.2. The van der Waals surface area contributed by atoms with Crippen LogP contribution in [-0.4, -0.2) is 43.1 Å². The van der Waals surface area contributed by atoms with Gasteiger partial charge in [-0.2, -0.15) is 0 Å². The first-order chi connectivity index (χ1) is 9.61. The molecule has 1 atom stereocenters. The Morgan fingerprint density at radius 3 is 2.70 bits per heavy atom. The SMILES string of the molecule is CSc1cc2c(cc1CNC[C@@H](N)C(=O)O)OCCO2. The largest absolute Gasteiger partial charge is 0.486 e. The summed E-state index contributed by atoms with van der Waals surface area (Å²) in [6, 6.07) is 2.98. The number of nitrogens with one attached hydrogen (secondary N) is 1. The Hall–Kier alpha value is -1.44. The monoisotopic (exact) mass is 298 g/mol. The summed E-state index contributed by atoms with van der Waals surface area (Å²) in [5.74, 6) is 0.477. The zero-order valence-electron chi connectivity index (χ0n) is 11.2. The van der Waals surface area contributed by atoms with E-state index in [1.807, 2.05) is 18.4 Å². The van der Waals surface area contributed by atoms with E-state index < -0.39 is 12.0 Å². The number of hydrogen-bond donors (Lipinski definition) is 3. The van der Waals surface area contributed by atoms with Crippen LogP contribution in [0.3, 0.4) is 0 Å². The highest BCUT2D eigenvalue weighted by Crippen LogP contribution is 2.36. The Bertz CT molecular complexity index is 496. The quantitative estimate of drug-likeness (QED) is 0.665. The van der Waals surface area contributed by atoms with Crippen molar-refractivity contribution in [3.63, 3.8) is 0 Å². The van der Waals surface area contributed by atoms with E-state index in [4.69, 9.17) is 20.3 Å². The molecule has 0 radical (unpaired) electrons. The van der Waals surface area contributed by atoms with Gasteiger partial charge in [0.1, 0.15) is 19.3 Å². The van der Waals surface area contributed by atoms with E-state index >= 15 is 0 Å². The Morgan fingerprint density at radius 2 is 2.10 bits per heavy atom. The van der Waals surface area contributed by atoms with E-state index in [-0.39, 0.29) is 6.54 Å². The number of carbonyl (C=O) groups is 1. The van der Waals surface area contributed by atoms with Gasteiger partial charge in [-0.05, 0) is 24.0 Å². The third-order valence-corrected chi connectivity index (χ3v) is 3.76. The molecule has 0 saturated heterocycles. The molecule has 0 fully saturated rings. The zero-order chi connectivity index (χ0) is 14.5. The van der Waals surface area contributed by atoms with Gasteiger partial charge in [-0.15, -0.1) is 11.8 Å². The molecule has 0 amide bonds. The van der Waals surface area contributed by atoms with E-state index in [1.165, 1.54) is 0 Å². The number of rotatable bonds is 6. The first-order valence-electron chi connectivity index (χ1n) is 6.27. The maximum absolute atomic E-state index is 10.7. The predicted molar refractivity (Wildman–Crippen MR) is 76.5 cm³/mol. The third-order valence-electron chi connectivity index (χ3n) is 2.94. The molecule has 4 N–H and O–H groups in total. The van der Waals surface area contributed by atoms with Gasteiger partial charge < -0.3 is 25.6 Å². The fourth-order valence-electron chi connectivity index (χ4n) is 1.89. The van der Waals surface area contributed by atoms with Crippen LogP contribution in [0.15, 0.2) is 17.0 Å². The first-order valence-corrected chi connectivity index (χ1v) is 7.50. The summed E-state index contributed by atoms with van der Waals surface area (Å²) in [5, 5.41) is 11.8. The zero-order valence-corrected chi connectivity index (χ0v) is 12.0. The molecule has 1 aliphatic rings. The van der Waals surface area contributed by atoms with Crippen molar-refractivity contribution in [3.05, 3.63) is 17.7 Å². The maximum atomic E-state index is 10.7. The van der Waals surface area contributed by atoms with Crippen molar-refractivity contribution >= 4 is 17.7 Å². The average molecular weight is 298 g/mol. The molecule has 110 valence electrons. The van der Waals surface area contributed by atoms with Gasteiger partial charge in [0.05, 0.1) is 0 Å². The highest BCUT2D eigenvalue weighted by molar-refractivity contribution is 7.98. The van der Waals surface area contributed by atoms with Crippen LogP contribution in [0.25, 0.3) is 0 Å². The molecule has 0 unspecified atom stereocenters. The summed E-state index contributed by atoms with van der Waals surface area (Å²) in [6.07, 6.45) is 1.98. The normalized spacial score (nSPS) is 14.9. The standard InChI is InChI=1S/C13H18N2O4S/c1-20-12-5-11-10(18-2-3-19-11)4-8(12)6-15-7-9(14)13(16)17/h4-5,9,15H,2-3,6-7,14H2,1H3,(H,16,17)/t9-/m1/s1. The minimum atomic E-state index is -1.01. The van der Waals surface area contributed by atoms with Crippen LogP contribution in [0.2, 0.25) is 0 Å². The van der Waals surface area contributed by atoms with Crippen molar-refractivity contribution in [2.24, 2.45) is 5.73 Å². The highest BCUT2D eigenvalue weighted by atomic mass is 32.2. The van der Waals surface area contributed by atoms with Crippen LogP contribution in [-0.2, 0) is 11.3 Å². The fourth-order valence-corrected chi connectivity index (χ4v) is 2.51. The summed E-state index contributed by atoms with van der Waals surface area (Å²) in [5.41, 5.74) is 6.49. The van der Waals surface area contributed by atoms with E-state index in [1.54, 1.807) is 11.8 Å². The second-order valence-electron chi connectivity index (χ2n) is 4.38. The number of hydrogen-bond acceptors (Lipinski definition) is 6. The molecule has 1 aromatic carbocycles. The van der Waals surface area contributed by atoms with Gasteiger partial charge in [-0.25, -0.2) is 0 Å². The molecule has 0 bridgehead atoms. The number of thioether (sulfide) groups is 1. The van der Waals surface area contributed by atoms with E-state index in [0.717, 1.165) is 22.0 Å². The third kappa shape index (κ3) is 3.56. The fraction of sp³-hybridized carbons (Fsp3) is 0.462. The van der Waals surface area contributed by atoms with E-state index in [0.29, 0.717) is 19.8 Å². The lowest BCUT2D eigenvalue weighted by Gasteiger charge is -2.21. The van der Waals surface area contributed by atoms with Gasteiger partial charge in [0, 0.05) is 18.0 Å². The Balaban J connectivity index is 2.04.